The van der Waals surface area contributed by atoms with Gasteiger partial charge >= 0.3 is 7.12 Å². The van der Waals surface area contributed by atoms with Crippen LogP contribution in [0.15, 0.2) is 48.5 Å². The Labute approximate surface area is 150 Å². The highest BCUT2D eigenvalue weighted by Gasteiger charge is 2.51. The molecule has 0 aromatic heterocycles. The number of nitrogens with one attached hydrogen (secondary N) is 1. The van der Waals surface area contributed by atoms with E-state index in [4.69, 9.17) is 14.0 Å². The Morgan fingerprint density at radius 1 is 0.880 bits per heavy atom. The van der Waals surface area contributed by atoms with Crippen LogP contribution in [0.3, 0.4) is 0 Å². The molecule has 1 N–H and O–H groups in total. The van der Waals surface area contributed by atoms with Crippen molar-refractivity contribution in [1.82, 2.24) is 0 Å². The lowest BCUT2D eigenvalue weighted by Gasteiger charge is -2.32. The molecule has 4 nitrogen and oxygen atoms in total. The fourth-order valence-corrected chi connectivity index (χ4v) is 2.68. The molecule has 132 valence electrons. The maximum absolute atomic E-state index is 6.09. The molecule has 0 spiro atoms. The van der Waals surface area contributed by atoms with Crippen molar-refractivity contribution in [3.8, 4) is 5.75 Å². The van der Waals surface area contributed by atoms with Gasteiger partial charge in [-0.2, -0.15) is 0 Å². The summed E-state index contributed by atoms with van der Waals surface area (Å²) in [5, 5.41) is 3.41. The predicted octanol–water partition coefficient (Wildman–Crippen LogP) is 3.61. The van der Waals surface area contributed by atoms with Crippen molar-refractivity contribution in [3.63, 3.8) is 0 Å². The largest absolute Gasteiger partial charge is 0.497 e. The van der Waals surface area contributed by atoms with Gasteiger partial charge in [0.15, 0.2) is 0 Å². The molecule has 0 amide bonds. The van der Waals surface area contributed by atoms with Crippen molar-refractivity contribution in [2.45, 2.75) is 45.4 Å². The topological polar surface area (TPSA) is 39.7 Å². The number of hydrogen-bond acceptors (Lipinski definition) is 4. The fraction of sp³-hybridized carbons (Fsp3) is 0.400. The molecule has 3 rings (SSSR count). The van der Waals surface area contributed by atoms with Crippen LogP contribution < -0.4 is 15.5 Å². The molecule has 5 heteroatoms. The standard InChI is InChI=1S/C20H26BNO3/c1-19(2)20(3,4)25-21(24-19)16-8-6-15(7-9-16)14-22-17-10-12-18(23-5)13-11-17/h6-13,22H,14H2,1-5H3. The molecule has 1 aliphatic heterocycles. The molecule has 0 radical (unpaired) electrons. The first-order chi connectivity index (χ1) is 11.8. The summed E-state index contributed by atoms with van der Waals surface area (Å²) >= 11 is 0. The van der Waals surface area contributed by atoms with Gasteiger partial charge in [-0.25, -0.2) is 0 Å². The number of rotatable bonds is 5. The van der Waals surface area contributed by atoms with Crippen LogP contribution in [0, 0.1) is 0 Å². The SMILES string of the molecule is COc1ccc(NCc2ccc(B3OC(C)(C)C(C)(C)O3)cc2)cc1. The Hall–Kier alpha value is -1.98. The second-order valence-electron chi connectivity index (χ2n) is 7.41. The zero-order valence-electron chi connectivity index (χ0n) is 15.6. The van der Waals surface area contributed by atoms with Gasteiger partial charge in [-0.05, 0) is 63.0 Å². The van der Waals surface area contributed by atoms with E-state index in [0.29, 0.717) is 0 Å². The molecule has 0 aliphatic carbocycles. The normalized spacial score (nSPS) is 18.2. The molecule has 0 bridgehead atoms. The summed E-state index contributed by atoms with van der Waals surface area (Å²) in [5.41, 5.74) is 2.69. The lowest BCUT2D eigenvalue weighted by atomic mass is 9.79. The van der Waals surface area contributed by atoms with Crippen molar-refractivity contribution < 1.29 is 14.0 Å². The van der Waals surface area contributed by atoms with E-state index in [-0.39, 0.29) is 18.3 Å². The van der Waals surface area contributed by atoms with Crippen LogP contribution in [-0.4, -0.2) is 25.4 Å². The maximum atomic E-state index is 6.09. The summed E-state index contributed by atoms with van der Waals surface area (Å²) in [6.07, 6.45) is 0. The van der Waals surface area contributed by atoms with E-state index in [1.807, 2.05) is 24.3 Å². The van der Waals surface area contributed by atoms with Crippen molar-refractivity contribution in [1.29, 1.82) is 0 Å². The molecule has 0 saturated carbocycles. The summed E-state index contributed by atoms with van der Waals surface area (Å²) in [4.78, 5) is 0. The van der Waals surface area contributed by atoms with Crippen molar-refractivity contribution in [3.05, 3.63) is 54.1 Å². The van der Waals surface area contributed by atoms with E-state index in [0.717, 1.165) is 23.4 Å². The summed E-state index contributed by atoms with van der Waals surface area (Å²) in [5.74, 6) is 0.859. The van der Waals surface area contributed by atoms with Crippen LogP contribution >= 0.6 is 0 Å². The van der Waals surface area contributed by atoms with E-state index < -0.39 is 0 Å². The number of anilines is 1. The van der Waals surface area contributed by atoms with Gasteiger partial charge in [-0.3, -0.25) is 0 Å². The first-order valence-corrected chi connectivity index (χ1v) is 8.63. The first kappa shape index (κ1) is 17.8. The van der Waals surface area contributed by atoms with Crippen molar-refractivity contribution in [2.75, 3.05) is 12.4 Å². The van der Waals surface area contributed by atoms with Crippen LogP contribution in [0.1, 0.15) is 33.3 Å². The molecule has 1 fully saturated rings. The third-order valence-electron chi connectivity index (χ3n) is 5.09. The summed E-state index contributed by atoms with van der Waals surface area (Å²) in [6, 6.07) is 16.3. The third kappa shape index (κ3) is 3.83. The van der Waals surface area contributed by atoms with Gasteiger partial charge in [0.25, 0.3) is 0 Å². The van der Waals surface area contributed by atoms with Crippen LogP contribution in [0.2, 0.25) is 0 Å². The van der Waals surface area contributed by atoms with E-state index in [1.54, 1.807) is 7.11 Å². The van der Waals surface area contributed by atoms with E-state index in [1.165, 1.54) is 5.56 Å². The Balaban J connectivity index is 1.61. The number of hydrogen-bond donors (Lipinski definition) is 1. The summed E-state index contributed by atoms with van der Waals surface area (Å²) in [6.45, 7) is 9.04. The van der Waals surface area contributed by atoms with Crippen LogP contribution in [0.5, 0.6) is 5.75 Å². The zero-order chi connectivity index (χ0) is 18.1. The Bertz CT molecular complexity index is 695. The monoisotopic (exact) mass is 339 g/mol. The van der Waals surface area contributed by atoms with Crippen molar-refractivity contribution in [2.24, 2.45) is 0 Å². The second-order valence-corrected chi connectivity index (χ2v) is 7.41. The number of methoxy groups -OCH3 is 1. The smallest absolute Gasteiger partial charge is 0.494 e. The van der Waals surface area contributed by atoms with Gasteiger partial charge in [0.1, 0.15) is 5.75 Å². The minimum Gasteiger partial charge on any atom is -0.497 e. The molecule has 2 aromatic carbocycles. The highest BCUT2D eigenvalue weighted by Crippen LogP contribution is 2.36. The average Bonchev–Trinajstić information content (AvgIpc) is 2.82. The predicted molar refractivity (Wildman–Crippen MR) is 102 cm³/mol. The highest BCUT2D eigenvalue weighted by atomic mass is 16.7. The van der Waals surface area contributed by atoms with Gasteiger partial charge in [0, 0.05) is 12.2 Å². The van der Waals surface area contributed by atoms with Gasteiger partial charge in [0.05, 0.1) is 18.3 Å². The molecule has 2 aromatic rings. The zero-order valence-corrected chi connectivity index (χ0v) is 15.6. The van der Waals surface area contributed by atoms with Gasteiger partial charge in [-0.15, -0.1) is 0 Å². The van der Waals surface area contributed by atoms with Crippen molar-refractivity contribution >= 4 is 18.3 Å². The average molecular weight is 339 g/mol. The number of ether oxygens (including phenoxy) is 1. The van der Waals surface area contributed by atoms with Crippen LogP contribution in [0.4, 0.5) is 5.69 Å². The molecular formula is C20H26BNO3. The molecule has 1 heterocycles. The third-order valence-corrected chi connectivity index (χ3v) is 5.09. The summed E-state index contributed by atoms with van der Waals surface area (Å²) in [7, 11) is 1.36. The fourth-order valence-electron chi connectivity index (χ4n) is 2.68. The van der Waals surface area contributed by atoms with Gasteiger partial charge < -0.3 is 19.4 Å². The quantitative estimate of drug-likeness (QED) is 0.845. The minimum atomic E-state index is -0.313. The van der Waals surface area contributed by atoms with Gasteiger partial charge in [0.2, 0.25) is 0 Å². The number of benzene rings is 2. The first-order valence-electron chi connectivity index (χ1n) is 8.63. The van der Waals surface area contributed by atoms with E-state index in [9.17, 15) is 0 Å². The van der Waals surface area contributed by atoms with Gasteiger partial charge in [-0.1, -0.05) is 24.3 Å². The molecular weight excluding hydrogens is 313 g/mol. The Kier molecular flexibility index (Phi) is 4.80. The molecule has 0 unspecified atom stereocenters. The molecule has 25 heavy (non-hydrogen) atoms. The van der Waals surface area contributed by atoms with Crippen LogP contribution in [0.25, 0.3) is 0 Å². The lowest BCUT2D eigenvalue weighted by molar-refractivity contribution is 0.00578. The van der Waals surface area contributed by atoms with E-state index in [2.05, 4.69) is 57.3 Å². The Morgan fingerprint density at radius 2 is 1.44 bits per heavy atom. The minimum absolute atomic E-state index is 0.311. The van der Waals surface area contributed by atoms with E-state index >= 15 is 0 Å². The lowest BCUT2D eigenvalue weighted by Crippen LogP contribution is -2.41. The maximum Gasteiger partial charge on any atom is 0.494 e. The second kappa shape index (κ2) is 6.73. The Morgan fingerprint density at radius 3 is 1.96 bits per heavy atom. The highest BCUT2D eigenvalue weighted by molar-refractivity contribution is 6.62. The summed E-state index contributed by atoms with van der Waals surface area (Å²) < 4.78 is 17.4. The molecule has 0 atom stereocenters. The van der Waals surface area contributed by atoms with Crippen LogP contribution in [-0.2, 0) is 15.9 Å². The molecule has 1 aliphatic rings. The molecule has 1 saturated heterocycles.